The largest absolute Gasteiger partial charge is 0.480 e. The second-order valence-electron chi connectivity index (χ2n) is 2.78. The fourth-order valence-corrected chi connectivity index (χ4v) is 2.11. The van der Waals surface area contributed by atoms with Gasteiger partial charge in [0.05, 0.1) is 4.34 Å². The van der Waals surface area contributed by atoms with Crippen molar-refractivity contribution in [3.05, 3.63) is 21.3 Å². The summed E-state index contributed by atoms with van der Waals surface area (Å²) < 4.78 is 0.595. The van der Waals surface area contributed by atoms with Crippen LogP contribution in [0.15, 0.2) is 12.1 Å². The van der Waals surface area contributed by atoms with Crippen LogP contribution >= 0.6 is 22.9 Å². The van der Waals surface area contributed by atoms with Gasteiger partial charge in [-0.15, -0.1) is 11.3 Å². The van der Waals surface area contributed by atoms with Gasteiger partial charge in [-0.05, 0) is 26.1 Å². The third kappa shape index (κ3) is 1.85. The van der Waals surface area contributed by atoms with E-state index in [2.05, 4.69) is 5.32 Å². The molecule has 0 aromatic carbocycles. The number of thiophene rings is 1. The van der Waals surface area contributed by atoms with E-state index in [1.807, 2.05) is 0 Å². The molecule has 0 bridgehead atoms. The third-order valence-corrected chi connectivity index (χ3v) is 3.45. The van der Waals surface area contributed by atoms with Gasteiger partial charge in [-0.25, -0.2) is 4.79 Å². The predicted molar refractivity (Wildman–Crippen MR) is 53.4 cm³/mol. The van der Waals surface area contributed by atoms with Crippen molar-refractivity contribution in [2.45, 2.75) is 12.5 Å². The maximum absolute atomic E-state index is 11.0. The maximum Gasteiger partial charge on any atom is 0.329 e. The quantitative estimate of drug-likeness (QED) is 0.817. The second kappa shape index (κ2) is 3.65. The Balaban J connectivity index is 3.09. The first-order valence-corrected chi connectivity index (χ1v) is 4.88. The van der Waals surface area contributed by atoms with Gasteiger partial charge in [0, 0.05) is 4.88 Å². The van der Waals surface area contributed by atoms with Crippen LogP contribution in [0.5, 0.6) is 0 Å². The second-order valence-corrected chi connectivity index (χ2v) is 4.50. The molecule has 3 nitrogen and oxygen atoms in total. The molecule has 0 amide bonds. The van der Waals surface area contributed by atoms with Gasteiger partial charge in [0.1, 0.15) is 5.54 Å². The SMILES string of the molecule is CNC(C)(C(=O)O)c1ccc(Cl)s1. The van der Waals surface area contributed by atoms with Crippen molar-refractivity contribution in [1.82, 2.24) is 5.32 Å². The van der Waals surface area contributed by atoms with Gasteiger partial charge in [-0.2, -0.15) is 0 Å². The van der Waals surface area contributed by atoms with Gasteiger partial charge in [0.2, 0.25) is 0 Å². The average Bonchev–Trinajstić information content (AvgIpc) is 2.50. The summed E-state index contributed by atoms with van der Waals surface area (Å²) in [6, 6.07) is 3.41. The van der Waals surface area contributed by atoms with E-state index in [4.69, 9.17) is 16.7 Å². The Kier molecular flexibility index (Phi) is 2.95. The van der Waals surface area contributed by atoms with E-state index in [1.54, 1.807) is 26.1 Å². The van der Waals surface area contributed by atoms with E-state index in [-0.39, 0.29) is 0 Å². The highest BCUT2D eigenvalue weighted by atomic mass is 35.5. The Morgan fingerprint density at radius 1 is 1.69 bits per heavy atom. The van der Waals surface area contributed by atoms with Crippen LogP contribution in [0, 0.1) is 0 Å². The van der Waals surface area contributed by atoms with Gasteiger partial charge < -0.3 is 10.4 Å². The summed E-state index contributed by atoms with van der Waals surface area (Å²) >= 11 is 7.00. The van der Waals surface area contributed by atoms with Gasteiger partial charge in [0.15, 0.2) is 0 Å². The number of aliphatic carboxylic acids is 1. The van der Waals surface area contributed by atoms with Crippen LogP contribution in [0.25, 0.3) is 0 Å². The van der Waals surface area contributed by atoms with E-state index >= 15 is 0 Å². The van der Waals surface area contributed by atoms with E-state index in [0.29, 0.717) is 9.21 Å². The molecule has 1 unspecified atom stereocenters. The zero-order valence-electron chi connectivity index (χ0n) is 7.30. The highest BCUT2D eigenvalue weighted by Crippen LogP contribution is 2.30. The summed E-state index contributed by atoms with van der Waals surface area (Å²) in [5.41, 5.74) is -1.04. The first-order chi connectivity index (χ1) is 6.00. The van der Waals surface area contributed by atoms with Crippen LogP contribution in [0.1, 0.15) is 11.8 Å². The lowest BCUT2D eigenvalue weighted by molar-refractivity contribution is -0.144. The Hall–Kier alpha value is -0.580. The summed E-state index contributed by atoms with van der Waals surface area (Å²) in [6.07, 6.45) is 0. The molecule has 0 aliphatic carbocycles. The summed E-state index contributed by atoms with van der Waals surface area (Å²) in [5, 5.41) is 11.8. The van der Waals surface area contributed by atoms with Crippen LogP contribution in [-0.4, -0.2) is 18.1 Å². The Morgan fingerprint density at radius 3 is 2.62 bits per heavy atom. The van der Waals surface area contributed by atoms with Crippen molar-refractivity contribution in [2.24, 2.45) is 0 Å². The molecule has 0 saturated heterocycles. The van der Waals surface area contributed by atoms with Crippen LogP contribution in [0.3, 0.4) is 0 Å². The highest BCUT2D eigenvalue weighted by molar-refractivity contribution is 7.16. The predicted octanol–water partition coefficient (Wildman–Crippen LogP) is 1.92. The molecule has 1 rings (SSSR count). The molecule has 1 heterocycles. The minimum Gasteiger partial charge on any atom is -0.480 e. The van der Waals surface area contributed by atoms with Gasteiger partial charge in [0.25, 0.3) is 0 Å². The lowest BCUT2D eigenvalue weighted by atomic mass is 10.0. The van der Waals surface area contributed by atoms with E-state index in [1.165, 1.54) is 11.3 Å². The van der Waals surface area contributed by atoms with Crippen LogP contribution in [-0.2, 0) is 10.3 Å². The summed E-state index contributed by atoms with van der Waals surface area (Å²) in [5.74, 6) is -0.909. The summed E-state index contributed by atoms with van der Waals surface area (Å²) in [6.45, 7) is 1.61. The molecule has 1 aromatic rings. The van der Waals surface area contributed by atoms with Crippen LogP contribution in [0.4, 0.5) is 0 Å². The molecule has 5 heteroatoms. The lowest BCUT2D eigenvalue weighted by Gasteiger charge is -2.22. The number of hydrogen-bond donors (Lipinski definition) is 2. The van der Waals surface area contributed by atoms with Gasteiger partial charge in [-0.3, -0.25) is 0 Å². The Bertz CT molecular complexity index is 326. The molecule has 72 valence electrons. The van der Waals surface area contributed by atoms with E-state index < -0.39 is 11.5 Å². The van der Waals surface area contributed by atoms with Crippen molar-refractivity contribution in [2.75, 3.05) is 7.05 Å². The molecular weight excluding hydrogens is 210 g/mol. The fourth-order valence-electron chi connectivity index (χ4n) is 0.919. The minimum atomic E-state index is -1.04. The Morgan fingerprint density at radius 2 is 2.31 bits per heavy atom. The van der Waals surface area contributed by atoms with Crippen molar-refractivity contribution < 1.29 is 9.90 Å². The molecule has 0 aliphatic rings. The Labute approximate surface area is 85.3 Å². The molecule has 1 aromatic heterocycles. The molecule has 0 radical (unpaired) electrons. The van der Waals surface area contributed by atoms with Crippen molar-refractivity contribution in [3.63, 3.8) is 0 Å². The number of nitrogens with one attached hydrogen (secondary N) is 1. The molecular formula is C8H10ClNO2S. The summed E-state index contributed by atoms with van der Waals surface area (Å²) in [7, 11) is 1.61. The molecule has 0 aliphatic heterocycles. The lowest BCUT2D eigenvalue weighted by Crippen LogP contribution is -2.43. The van der Waals surface area contributed by atoms with Crippen LogP contribution < -0.4 is 5.32 Å². The highest BCUT2D eigenvalue weighted by Gasteiger charge is 2.34. The number of rotatable bonds is 3. The molecule has 0 saturated carbocycles. The fraction of sp³-hybridized carbons (Fsp3) is 0.375. The zero-order chi connectivity index (χ0) is 10.1. The van der Waals surface area contributed by atoms with E-state index in [0.717, 1.165) is 0 Å². The van der Waals surface area contributed by atoms with E-state index in [9.17, 15) is 4.79 Å². The zero-order valence-corrected chi connectivity index (χ0v) is 8.87. The minimum absolute atomic E-state index is 0.595. The number of halogens is 1. The van der Waals surface area contributed by atoms with Gasteiger partial charge >= 0.3 is 5.97 Å². The molecule has 0 spiro atoms. The number of likely N-dealkylation sites (N-methyl/N-ethyl adjacent to an activating group) is 1. The number of carboxylic acid groups (broad SMARTS) is 1. The molecule has 1 atom stereocenters. The maximum atomic E-state index is 11.0. The molecule has 0 fully saturated rings. The molecule has 2 N–H and O–H groups in total. The number of carboxylic acids is 1. The van der Waals surface area contributed by atoms with Gasteiger partial charge in [-0.1, -0.05) is 11.6 Å². The molecule has 13 heavy (non-hydrogen) atoms. The first kappa shape index (κ1) is 10.5. The monoisotopic (exact) mass is 219 g/mol. The number of carbonyl (C=O) groups is 1. The van der Waals surface area contributed by atoms with Crippen molar-refractivity contribution in [3.8, 4) is 0 Å². The normalized spacial score (nSPS) is 15.3. The van der Waals surface area contributed by atoms with Crippen molar-refractivity contribution in [1.29, 1.82) is 0 Å². The topological polar surface area (TPSA) is 49.3 Å². The summed E-state index contributed by atoms with van der Waals surface area (Å²) in [4.78, 5) is 11.7. The smallest absolute Gasteiger partial charge is 0.329 e. The number of hydrogen-bond acceptors (Lipinski definition) is 3. The average molecular weight is 220 g/mol. The van der Waals surface area contributed by atoms with Crippen LogP contribution in [0.2, 0.25) is 4.34 Å². The van der Waals surface area contributed by atoms with Crippen molar-refractivity contribution >= 4 is 28.9 Å². The third-order valence-electron chi connectivity index (χ3n) is 1.99. The standard InChI is InChI=1S/C8H10ClNO2S/c1-8(10-2,7(11)12)5-3-4-6(9)13-5/h3-4,10H,1-2H3,(H,11,12). The first-order valence-electron chi connectivity index (χ1n) is 3.69.